The average molecular weight is 304 g/mol. The van der Waals surface area contributed by atoms with E-state index in [0.717, 1.165) is 49.1 Å². The molecule has 0 fully saturated rings. The maximum atomic E-state index is 9.02. The van der Waals surface area contributed by atoms with Gasteiger partial charge in [0.15, 0.2) is 0 Å². The van der Waals surface area contributed by atoms with E-state index in [1.807, 2.05) is 42.6 Å². The molecule has 0 amide bonds. The lowest BCUT2D eigenvalue weighted by molar-refractivity contribution is 0.617. The summed E-state index contributed by atoms with van der Waals surface area (Å²) >= 11 is 0. The van der Waals surface area contributed by atoms with E-state index in [2.05, 4.69) is 27.6 Å². The van der Waals surface area contributed by atoms with Crippen molar-refractivity contribution in [2.75, 3.05) is 6.54 Å². The fourth-order valence-electron chi connectivity index (χ4n) is 2.74. The Morgan fingerprint density at radius 1 is 1.17 bits per heavy atom. The number of unbranched alkanes of at least 4 members (excludes halogenated alkanes) is 1. The van der Waals surface area contributed by atoms with Crippen LogP contribution in [-0.4, -0.2) is 16.5 Å². The zero-order chi connectivity index (χ0) is 15.9. The molecule has 3 rings (SSSR count). The Labute approximate surface area is 136 Å². The van der Waals surface area contributed by atoms with Gasteiger partial charge in [-0.3, -0.25) is 4.98 Å². The van der Waals surface area contributed by atoms with Gasteiger partial charge in [0.2, 0.25) is 0 Å². The molecule has 0 spiro atoms. The summed E-state index contributed by atoms with van der Waals surface area (Å²) in [6.07, 6.45) is 7.16. The van der Waals surface area contributed by atoms with Crippen molar-refractivity contribution in [1.82, 2.24) is 15.3 Å². The molecule has 4 heteroatoms. The van der Waals surface area contributed by atoms with Crippen molar-refractivity contribution in [3.63, 3.8) is 0 Å². The molecule has 2 N–H and O–H groups in total. The summed E-state index contributed by atoms with van der Waals surface area (Å²) in [6, 6.07) is 14.0. The van der Waals surface area contributed by atoms with Crippen LogP contribution >= 0.6 is 0 Å². The molecule has 0 atom stereocenters. The van der Waals surface area contributed by atoms with Gasteiger partial charge in [0.05, 0.1) is 17.3 Å². The second-order valence-electron chi connectivity index (χ2n) is 5.64. The number of H-pyrrole nitrogens is 1. The summed E-state index contributed by atoms with van der Waals surface area (Å²) in [6.45, 7) is 1.81. The van der Waals surface area contributed by atoms with Gasteiger partial charge in [-0.25, -0.2) is 0 Å². The summed E-state index contributed by atoms with van der Waals surface area (Å²) in [5.41, 5.74) is 4.19. The van der Waals surface area contributed by atoms with Gasteiger partial charge in [-0.05, 0) is 61.7 Å². The molecule has 0 radical (unpaired) electrons. The number of rotatable bonds is 7. The highest BCUT2D eigenvalue weighted by Crippen LogP contribution is 2.21. The first-order valence-corrected chi connectivity index (χ1v) is 7.97. The fourth-order valence-corrected chi connectivity index (χ4v) is 2.74. The van der Waals surface area contributed by atoms with Gasteiger partial charge in [-0.2, -0.15) is 5.26 Å². The predicted octanol–water partition coefficient (Wildman–Crippen LogP) is 3.55. The van der Waals surface area contributed by atoms with Crippen LogP contribution in [0.2, 0.25) is 0 Å². The van der Waals surface area contributed by atoms with E-state index in [1.54, 1.807) is 0 Å². The molecule has 3 aromatic rings. The topological polar surface area (TPSA) is 64.5 Å². The molecule has 0 bridgehead atoms. The van der Waals surface area contributed by atoms with Crippen LogP contribution in [0.4, 0.5) is 0 Å². The minimum Gasteiger partial charge on any atom is -0.361 e. The molecule has 0 aliphatic heterocycles. The van der Waals surface area contributed by atoms with Crippen molar-refractivity contribution < 1.29 is 0 Å². The second-order valence-corrected chi connectivity index (χ2v) is 5.64. The minimum atomic E-state index is 0.718. The highest BCUT2D eigenvalue weighted by molar-refractivity contribution is 5.84. The summed E-state index contributed by atoms with van der Waals surface area (Å²) < 4.78 is 0. The van der Waals surface area contributed by atoms with E-state index in [9.17, 15) is 0 Å². The predicted molar refractivity (Wildman–Crippen MR) is 91.9 cm³/mol. The Bertz CT molecular complexity index is 799. The second kappa shape index (κ2) is 7.57. The number of aromatic nitrogens is 2. The molecule has 2 aromatic heterocycles. The minimum absolute atomic E-state index is 0.718. The first-order valence-electron chi connectivity index (χ1n) is 7.97. The van der Waals surface area contributed by atoms with Gasteiger partial charge in [0, 0.05) is 29.8 Å². The molecule has 0 unspecified atom stereocenters. The SMILES string of the molecule is N#Cc1ccc2[nH]cc(CCCCNCc3ccccn3)c2c1. The third-order valence-corrected chi connectivity index (χ3v) is 3.98. The first-order chi connectivity index (χ1) is 11.4. The van der Waals surface area contributed by atoms with Crippen molar-refractivity contribution in [1.29, 1.82) is 5.26 Å². The van der Waals surface area contributed by atoms with E-state index in [4.69, 9.17) is 5.26 Å². The Morgan fingerprint density at radius 2 is 2.13 bits per heavy atom. The van der Waals surface area contributed by atoms with Crippen LogP contribution in [0.5, 0.6) is 0 Å². The quantitative estimate of drug-likeness (QED) is 0.656. The summed E-state index contributed by atoms with van der Waals surface area (Å²) in [5, 5.41) is 13.6. The first kappa shape index (κ1) is 15.3. The molecule has 2 heterocycles. The molecule has 4 nitrogen and oxygen atoms in total. The number of fused-ring (bicyclic) bond motifs is 1. The average Bonchev–Trinajstić information content (AvgIpc) is 3.01. The number of hydrogen-bond donors (Lipinski definition) is 2. The van der Waals surface area contributed by atoms with Gasteiger partial charge in [0.25, 0.3) is 0 Å². The third kappa shape index (κ3) is 3.97. The third-order valence-electron chi connectivity index (χ3n) is 3.98. The summed E-state index contributed by atoms with van der Waals surface area (Å²) in [4.78, 5) is 7.57. The van der Waals surface area contributed by atoms with Crippen LogP contribution < -0.4 is 5.32 Å². The van der Waals surface area contributed by atoms with E-state index < -0.39 is 0 Å². The maximum Gasteiger partial charge on any atom is 0.0991 e. The molecule has 0 saturated carbocycles. The number of hydrogen-bond acceptors (Lipinski definition) is 3. The molecule has 0 saturated heterocycles. The molecular formula is C19H20N4. The van der Waals surface area contributed by atoms with Crippen LogP contribution in [-0.2, 0) is 13.0 Å². The van der Waals surface area contributed by atoms with Crippen molar-refractivity contribution in [2.24, 2.45) is 0 Å². The molecule has 116 valence electrons. The number of aromatic amines is 1. The zero-order valence-electron chi connectivity index (χ0n) is 13.0. The number of nitrogens with one attached hydrogen (secondary N) is 2. The van der Waals surface area contributed by atoms with Crippen molar-refractivity contribution in [2.45, 2.75) is 25.8 Å². The monoisotopic (exact) mass is 304 g/mol. The Hall–Kier alpha value is -2.64. The maximum absolute atomic E-state index is 9.02. The van der Waals surface area contributed by atoms with Crippen LogP contribution in [0.3, 0.4) is 0 Å². The lowest BCUT2D eigenvalue weighted by Gasteiger charge is -2.04. The van der Waals surface area contributed by atoms with Crippen LogP contribution in [0, 0.1) is 11.3 Å². The number of benzene rings is 1. The zero-order valence-corrected chi connectivity index (χ0v) is 13.0. The fraction of sp³-hybridized carbons (Fsp3) is 0.263. The highest BCUT2D eigenvalue weighted by Gasteiger charge is 2.04. The molecular weight excluding hydrogens is 284 g/mol. The van der Waals surface area contributed by atoms with Gasteiger partial charge < -0.3 is 10.3 Å². The standard InChI is InChI=1S/C19H20N4/c20-12-15-7-8-19-18(11-15)16(13-23-19)5-1-3-9-21-14-17-6-2-4-10-22-17/h2,4,6-8,10-11,13,21,23H,1,3,5,9,14H2. The highest BCUT2D eigenvalue weighted by atomic mass is 14.9. The van der Waals surface area contributed by atoms with Crippen LogP contribution in [0.1, 0.15) is 29.7 Å². The molecule has 0 aliphatic rings. The Kier molecular flexibility index (Phi) is 5.02. The summed E-state index contributed by atoms with van der Waals surface area (Å²) in [7, 11) is 0. The summed E-state index contributed by atoms with van der Waals surface area (Å²) in [5.74, 6) is 0. The number of nitriles is 1. The Balaban J connectivity index is 1.45. The van der Waals surface area contributed by atoms with Crippen molar-refractivity contribution in [3.05, 3.63) is 65.6 Å². The smallest absolute Gasteiger partial charge is 0.0991 e. The van der Waals surface area contributed by atoms with E-state index in [-0.39, 0.29) is 0 Å². The van der Waals surface area contributed by atoms with Crippen molar-refractivity contribution in [3.8, 4) is 6.07 Å². The lowest BCUT2D eigenvalue weighted by atomic mass is 10.1. The van der Waals surface area contributed by atoms with E-state index in [1.165, 1.54) is 10.9 Å². The van der Waals surface area contributed by atoms with E-state index >= 15 is 0 Å². The number of pyridine rings is 1. The van der Waals surface area contributed by atoms with Crippen molar-refractivity contribution >= 4 is 10.9 Å². The lowest BCUT2D eigenvalue weighted by Crippen LogP contribution is -2.15. The normalized spacial score (nSPS) is 10.7. The Morgan fingerprint density at radius 3 is 2.96 bits per heavy atom. The van der Waals surface area contributed by atoms with Gasteiger partial charge in [-0.1, -0.05) is 6.07 Å². The number of aryl methyl sites for hydroxylation is 1. The van der Waals surface area contributed by atoms with Gasteiger partial charge >= 0.3 is 0 Å². The van der Waals surface area contributed by atoms with Gasteiger partial charge in [0.1, 0.15) is 0 Å². The van der Waals surface area contributed by atoms with Crippen LogP contribution in [0.25, 0.3) is 10.9 Å². The molecule has 1 aromatic carbocycles. The van der Waals surface area contributed by atoms with E-state index in [0.29, 0.717) is 0 Å². The molecule has 0 aliphatic carbocycles. The van der Waals surface area contributed by atoms with Crippen LogP contribution in [0.15, 0.2) is 48.8 Å². The van der Waals surface area contributed by atoms with Gasteiger partial charge in [-0.15, -0.1) is 0 Å². The number of nitrogens with zero attached hydrogens (tertiary/aromatic N) is 2. The molecule has 23 heavy (non-hydrogen) atoms. The largest absolute Gasteiger partial charge is 0.361 e.